The third-order valence-electron chi connectivity index (χ3n) is 3.02. The normalized spacial score (nSPS) is 12.7. The topological polar surface area (TPSA) is 42.1 Å². The zero-order chi connectivity index (χ0) is 13.3. The molecule has 2 N–H and O–H groups in total. The Bertz CT molecular complexity index is 559. The molecule has 0 saturated carbocycles. The SMILES string of the molecule is Cc1cc(N(C)C)c2ccc(CC(C)N)cc2n1. The van der Waals surface area contributed by atoms with E-state index in [2.05, 4.69) is 48.2 Å². The van der Waals surface area contributed by atoms with Crippen molar-refractivity contribution in [3.8, 4) is 0 Å². The standard InChI is InChI=1S/C15H21N3/c1-10(16)7-12-5-6-13-14(9-12)17-11(2)8-15(13)18(3)4/h5-6,8-10H,7,16H2,1-4H3. The molecule has 0 fully saturated rings. The molecule has 2 rings (SSSR count). The number of nitrogens with zero attached hydrogens (tertiary/aromatic N) is 2. The van der Waals surface area contributed by atoms with Crippen molar-refractivity contribution in [1.82, 2.24) is 4.98 Å². The number of fused-ring (bicyclic) bond motifs is 1. The van der Waals surface area contributed by atoms with Crippen LogP contribution in [0.25, 0.3) is 10.9 Å². The first-order valence-electron chi connectivity index (χ1n) is 6.30. The van der Waals surface area contributed by atoms with Crippen molar-refractivity contribution >= 4 is 16.6 Å². The van der Waals surface area contributed by atoms with Gasteiger partial charge in [-0.3, -0.25) is 4.98 Å². The van der Waals surface area contributed by atoms with Crippen molar-refractivity contribution in [1.29, 1.82) is 0 Å². The highest BCUT2D eigenvalue weighted by Gasteiger charge is 2.07. The maximum absolute atomic E-state index is 5.85. The minimum atomic E-state index is 0.181. The molecule has 3 nitrogen and oxygen atoms in total. The van der Waals surface area contributed by atoms with Gasteiger partial charge < -0.3 is 10.6 Å². The maximum Gasteiger partial charge on any atom is 0.0728 e. The van der Waals surface area contributed by atoms with E-state index in [1.165, 1.54) is 16.6 Å². The highest BCUT2D eigenvalue weighted by molar-refractivity contribution is 5.92. The third-order valence-corrected chi connectivity index (χ3v) is 3.02. The smallest absolute Gasteiger partial charge is 0.0728 e. The number of anilines is 1. The van der Waals surface area contributed by atoms with Gasteiger partial charge in [-0.15, -0.1) is 0 Å². The van der Waals surface area contributed by atoms with Crippen LogP contribution in [0.15, 0.2) is 24.3 Å². The van der Waals surface area contributed by atoms with E-state index in [1.54, 1.807) is 0 Å². The summed E-state index contributed by atoms with van der Waals surface area (Å²) in [6, 6.07) is 8.75. The molecule has 3 heteroatoms. The summed E-state index contributed by atoms with van der Waals surface area (Å²) in [5, 5.41) is 1.19. The number of aryl methyl sites for hydroxylation is 1. The summed E-state index contributed by atoms with van der Waals surface area (Å²) in [7, 11) is 4.12. The Hall–Kier alpha value is -1.61. The van der Waals surface area contributed by atoms with Crippen LogP contribution in [0, 0.1) is 6.92 Å². The van der Waals surface area contributed by atoms with Gasteiger partial charge in [0.25, 0.3) is 0 Å². The van der Waals surface area contributed by atoms with E-state index < -0.39 is 0 Å². The molecule has 1 aromatic carbocycles. The van der Waals surface area contributed by atoms with Crippen LogP contribution in [0.1, 0.15) is 18.2 Å². The van der Waals surface area contributed by atoms with Crippen LogP contribution in [-0.2, 0) is 6.42 Å². The van der Waals surface area contributed by atoms with Gasteiger partial charge in [-0.05, 0) is 38.0 Å². The van der Waals surface area contributed by atoms with E-state index in [9.17, 15) is 0 Å². The van der Waals surface area contributed by atoms with Gasteiger partial charge in [0.2, 0.25) is 0 Å². The molecule has 0 amide bonds. The molecule has 2 aromatic rings. The second-order valence-corrected chi connectivity index (χ2v) is 5.21. The van der Waals surface area contributed by atoms with Gasteiger partial charge in [0, 0.05) is 36.9 Å². The molecule has 1 aromatic heterocycles. The summed E-state index contributed by atoms with van der Waals surface area (Å²) in [6.07, 6.45) is 0.892. The molecule has 18 heavy (non-hydrogen) atoms. The summed E-state index contributed by atoms with van der Waals surface area (Å²) in [4.78, 5) is 6.75. The molecule has 1 unspecified atom stereocenters. The fourth-order valence-electron chi connectivity index (χ4n) is 2.25. The van der Waals surface area contributed by atoms with Crippen molar-refractivity contribution in [3.05, 3.63) is 35.5 Å². The van der Waals surface area contributed by atoms with Crippen LogP contribution >= 0.6 is 0 Å². The third kappa shape index (κ3) is 2.62. The number of rotatable bonds is 3. The minimum Gasteiger partial charge on any atom is -0.377 e. The molecule has 1 atom stereocenters. The average Bonchev–Trinajstić information content (AvgIpc) is 2.26. The summed E-state index contributed by atoms with van der Waals surface area (Å²) >= 11 is 0. The number of nitrogens with two attached hydrogens (primary N) is 1. The number of hydrogen-bond donors (Lipinski definition) is 1. The fourth-order valence-corrected chi connectivity index (χ4v) is 2.25. The molecule has 96 valence electrons. The Balaban J connectivity index is 2.56. The number of hydrogen-bond acceptors (Lipinski definition) is 3. The molecule has 0 saturated heterocycles. The second kappa shape index (κ2) is 4.94. The highest BCUT2D eigenvalue weighted by Crippen LogP contribution is 2.26. The Morgan fingerprint density at radius 3 is 2.61 bits per heavy atom. The number of benzene rings is 1. The Morgan fingerprint density at radius 2 is 2.00 bits per heavy atom. The van der Waals surface area contributed by atoms with Crippen LogP contribution < -0.4 is 10.6 Å². The molecule has 0 aliphatic rings. The lowest BCUT2D eigenvalue weighted by molar-refractivity contribution is 0.738. The van der Waals surface area contributed by atoms with Gasteiger partial charge in [-0.2, -0.15) is 0 Å². The monoisotopic (exact) mass is 243 g/mol. The first kappa shape index (κ1) is 12.8. The van der Waals surface area contributed by atoms with Gasteiger partial charge >= 0.3 is 0 Å². The van der Waals surface area contributed by atoms with Crippen LogP contribution in [0.2, 0.25) is 0 Å². The molecule has 0 radical (unpaired) electrons. The first-order valence-corrected chi connectivity index (χ1v) is 6.30. The summed E-state index contributed by atoms with van der Waals surface area (Å²) in [5.41, 5.74) is 10.4. The molecule has 0 spiro atoms. The van der Waals surface area contributed by atoms with Crippen molar-refractivity contribution in [2.75, 3.05) is 19.0 Å². The Kier molecular flexibility index (Phi) is 3.53. The molecule has 0 aliphatic heterocycles. The summed E-state index contributed by atoms with van der Waals surface area (Å²) < 4.78 is 0. The Labute approximate surface area is 109 Å². The van der Waals surface area contributed by atoms with E-state index in [0.717, 1.165) is 17.6 Å². The minimum absolute atomic E-state index is 0.181. The van der Waals surface area contributed by atoms with E-state index >= 15 is 0 Å². The van der Waals surface area contributed by atoms with Crippen molar-refractivity contribution in [3.63, 3.8) is 0 Å². The predicted octanol–water partition coefficient (Wildman–Crippen LogP) is 2.50. The first-order chi connectivity index (χ1) is 8.47. The van der Waals surface area contributed by atoms with Gasteiger partial charge in [0.05, 0.1) is 5.52 Å². The van der Waals surface area contributed by atoms with Crippen molar-refractivity contribution < 1.29 is 0 Å². The van der Waals surface area contributed by atoms with Crippen molar-refractivity contribution in [2.24, 2.45) is 5.73 Å². The quantitative estimate of drug-likeness (QED) is 0.900. The number of pyridine rings is 1. The van der Waals surface area contributed by atoms with E-state index in [-0.39, 0.29) is 6.04 Å². The highest BCUT2D eigenvalue weighted by atomic mass is 15.1. The fraction of sp³-hybridized carbons (Fsp3) is 0.400. The zero-order valence-corrected chi connectivity index (χ0v) is 11.6. The molecule has 1 heterocycles. The summed E-state index contributed by atoms with van der Waals surface area (Å²) in [5.74, 6) is 0. The second-order valence-electron chi connectivity index (χ2n) is 5.21. The van der Waals surface area contributed by atoms with E-state index in [1.807, 2.05) is 13.8 Å². The van der Waals surface area contributed by atoms with Crippen LogP contribution in [-0.4, -0.2) is 25.1 Å². The lowest BCUT2D eigenvalue weighted by Crippen LogP contribution is -2.17. The van der Waals surface area contributed by atoms with E-state index in [4.69, 9.17) is 5.73 Å². The summed E-state index contributed by atoms with van der Waals surface area (Å²) in [6.45, 7) is 4.06. The number of aromatic nitrogens is 1. The average molecular weight is 243 g/mol. The Morgan fingerprint density at radius 1 is 1.28 bits per heavy atom. The predicted molar refractivity (Wildman–Crippen MR) is 78.2 cm³/mol. The van der Waals surface area contributed by atoms with Crippen LogP contribution in [0.5, 0.6) is 0 Å². The molecule has 0 bridgehead atoms. The molecular formula is C15H21N3. The van der Waals surface area contributed by atoms with Crippen molar-refractivity contribution in [2.45, 2.75) is 26.3 Å². The zero-order valence-electron chi connectivity index (χ0n) is 11.6. The largest absolute Gasteiger partial charge is 0.377 e. The molecular weight excluding hydrogens is 222 g/mol. The lowest BCUT2D eigenvalue weighted by Gasteiger charge is -2.16. The van der Waals surface area contributed by atoms with Crippen LogP contribution in [0.4, 0.5) is 5.69 Å². The van der Waals surface area contributed by atoms with Gasteiger partial charge in [-0.25, -0.2) is 0 Å². The van der Waals surface area contributed by atoms with Gasteiger partial charge in [0.15, 0.2) is 0 Å². The van der Waals surface area contributed by atoms with E-state index in [0.29, 0.717) is 0 Å². The maximum atomic E-state index is 5.85. The van der Waals surface area contributed by atoms with Gasteiger partial charge in [0.1, 0.15) is 0 Å². The lowest BCUT2D eigenvalue weighted by atomic mass is 10.0. The molecule has 0 aliphatic carbocycles. The van der Waals surface area contributed by atoms with Crippen LogP contribution in [0.3, 0.4) is 0 Å². The van der Waals surface area contributed by atoms with Gasteiger partial charge in [-0.1, -0.05) is 12.1 Å².